The molecule has 0 unspecified atom stereocenters. The maximum Gasteiger partial charge on any atom is 0.417 e. The molecule has 132 valence electrons. The van der Waals surface area contributed by atoms with Crippen molar-refractivity contribution in [3.05, 3.63) is 71.3 Å². The van der Waals surface area contributed by atoms with Gasteiger partial charge in [-0.05, 0) is 36.2 Å². The second-order valence-electron chi connectivity index (χ2n) is 5.13. The highest BCUT2D eigenvalue weighted by atomic mass is 35.5. The van der Waals surface area contributed by atoms with Gasteiger partial charge >= 0.3 is 6.18 Å². The average molecular weight is 370 g/mol. The molecule has 0 aromatic heterocycles. The van der Waals surface area contributed by atoms with E-state index in [1.54, 1.807) is 18.2 Å². The van der Waals surface area contributed by atoms with Gasteiger partial charge in [0.25, 0.3) is 5.91 Å². The van der Waals surface area contributed by atoms with E-state index in [1.807, 2.05) is 12.1 Å². The number of amides is 1. The minimum absolute atomic E-state index is 0.00954. The molecule has 0 saturated heterocycles. The normalized spacial score (nSPS) is 11.0. The van der Waals surface area contributed by atoms with Gasteiger partial charge in [0.2, 0.25) is 0 Å². The Bertz CT molecular complexity index is 775. The largest absolute Gasteiger partial charge is 0.483 e. The number of para-hydroxylation sites is 1. The van der Waals surface area contributed by atoms with Crippen molar-refractivity contribution in [2.75, 3.05) is 11.9 Å². The summed E-state index contributed by atoms with van der Waals surface area (Å²) < 4.78 is 43.9. The van der Waals surface area contributed by atoms with Crippen LogP contribution < -0.4 is 10.1 Å². The average Bonchev–Trinajstić information content (AvgIpc) is 2.55. The minimum Gasteiger partial charge on any atom is -0.483 e. The lowest BCUT2D eigenvalue weighted by molar-refractivity contribution is -0.137. The third-order valence-corrected chi connectivity index (χ3v) is 3.58. The summed E-state index contributed by atoms with van der Waals surface area (Å²) >= 11 is 5.54. The van der Waals surface area contributed by atoms with Gasteiger partial charge in [0, 0.05) is 5.69 Å². The lowest BCUT2D eigenvalue weighted by Gasteiger charge is -2.13. The van der Waals surface area contributed by atoms with E-state index in [0.29, 0.717) is 12.2 Å². The molecule has 1 amide bonds. The van der Waals surface area contributed by atoms with E-state index in [-0.39, 0.29) is 12.3 Å². The van der Waals surface area contributed by atoms with Gasteiger partial charge in [0.05, 0.1) is 10.6 Å². The van der Waals surface area contributed by atoms with E-state index in [0.717, 1.165) is 17.7 Å². The number of anilines is 1. The zero-order valence-electron chi connectivity index (χ0n) is 13.1. The number of allylic oxidation sites excluding steroid dienone is 1. The van der Waals surface area contributed by atoms with Crippen LogP contribution in [0.25, 0.3) is 0 Å². The van der Waals surface area contributed by atoms with Crippen LogP contribution in [0.1, 0.15) is 11.1 Å². The number of rotatable bonds is 6. The van der Waals surface area contributed by atoms with Gasteiger partial charge in [-0.3, -0.25) is 4.79 Å². The fraction of sp³-hybridized carbons (Fsp3) is 0.167. The zero-order valence-corrected chi connectivity index (χ0v) is 13.8. The number of nitrogens with one attached hydrogen (secondary N) is 1. The standard InChI is InChI=1S/C18H15ClF3NO2/c1-2-5-12-6-3-4-7-16(12)25-11-17(24)23-13-8-9-15(19)14(10-13)18(20,21)22/h2-4,6-10H,1,5,11H2,(H,23,24). The van der Waals surface area contributed by atoms with Crippen molar-refractivity contribution in [1.82, 2.24) is 0 Å². The SMILES string of the molecule is C=CCc1ccccc1OCC(=O)Nc1ccc(Cl)c(C(F)(F)F)c1. The quantitative estimate of drug-likeness (QED) is 0.719. The van der Waals surface area contributed by atoms with Crippen LogP contribution in [0.2, 0.25) is 5.02 Å². The molecule has 7 heteroatoms. The predicted octanol–water partition coefficient (Wildman–Crippen LogP) is 5.10. The lowest BCUT2D eigenvalue weighted by atomic mass is 10.1. The molecule has 0 aliphatic rings. The van der Waals surface area contributed by atoms with Crippen LogP contribution in [0.3, 0.4) is 0 Å². The number of carbonyl (C=O) groups excluding carboxylic acids is 1. The van der Waals surface area contributed by atoms with Crippen LogP contribution >= 0.6 is 11.6 Å². The van der Waals surface area contributed by atoms with E-state index in [4.69, 9.17) is 16.3 Å². The predicted molar refractivity (Wildman–Crippen MR) is 90.9 cm³/mol. The van der Waals surface area contributed by atoms with Crippen molar-refractivity contribution in [1.29, 1.82) is 0 Å². The number of benzene rings is 2. The van der Waals surface area contributed by atoms with Crippen molar-refractivity contribution in [2.24, 2.45) is 0 Å². The Hall–Kier alpha value is -2.47. The lowest BCUT2D eigenvalue weighted by Crippen LogP contribution is -2.21. The molecule has 0 atom stereocenters. The topological polar surface area (TPSA) is 38.3 Å². The fourth-order valence-corrected chi connectivity index (χ4v) is 2.35. The molecule has 0 saturated carbocycles. The van der Waals surface area contributed by atoms with Gasteiger partial charge in [0.15, 0.2) is 6.61 Å². The van der Waals surface area contributed by atoms with Crippen LogP contribution in [-0.4, -0.2) is 12.5 Å². The molecular weight excluding hydrogens is 355 g/mol. The fourth-order valence-electron chi connectivity index (χ4n) is 2.13. The highest BCUT2D eigenvalue weighted by Crippen LogP contribution is 2.36. The first-order valence-electron chi connectivity index (χ1n) is 7.29. The molecule has 2 aromatic carbocycles. The number of carbonyl (C=O) groups is 1. The van der Waals surface area contributed by atoms with Crippen LogP contribution in [0.4, 0.5) is 18.9 Å². The van der Waals surface area contributed by atoms with Gasteiger partial charge < -0.3 is 10.1 Å². The Morgan fingerprint density at radius 1 is 1.24 bits per heavy atom. The maximum absolute atomic E-state index is 12.8. The van der Waals surface area contributed by atoms with Crippen molar-refractivity contribution in [3.8, 4) is 5.75 Å². The van der Waals surface area contributed by atoms with E-state index < -0.39 is 22.7 Å². The summed E-state index contributed by atoms with van der Waals surface area (Å²) in [7, 11) is 0. The molecule has 0 bridgehead atoms. The summed E-state index contributed by atoms with van der Waals surface area (Å²) in [6, 6.07) is 10.3. The Labute approximate surface area is 148 Å². The molecule has 0 fully saturated rings. The molecule has 25 heavy (non-hydrogen) atoms. The molecule has 2 rings (SSSR count). The van der Waals surface area contributed by atoms with Crippen LogP contribution in [-0.2, 0) is 17.4 Å². The highest BCUT2D eigenvalue weighted by Gasteiger charge is 2.33. The highest BCUT2D eigenvalue weighted by molar-refractivity contribution is 6.31. The number of ether oxygens (including phenoxy) is 1. The van der Waals surface area contributed by atoms with E-state index in [2.05, 4.69) is 11.9 Å². The van der Waals surface area contributed by atoms with E-state index in [9.17, 15) is 18.0 Å². The van der Waals surface area contributed by atoms with Crippen molar-refractivity contribution in [2.45, 2.75) is 12.6 Å². The Morgan fingerprint density at radius 3 is 2.64 bits per heavy atom. The van der Waals surface area contributed by atoms with Gasteiger partial charge in [-0.25, -0.2) is 0 Å². The Kier molecular flexibility index (Phi) is 6.09. The van der Waals surface area contributed by atoms with Crippen LogP contribution in [0.15, 0.2) is 55.1 Å². The second kappa shape index (κ2) is 8.07. The molecule has 0 radical (unpaired) electrons. The van der Waals surface area contributed by atoms with E-state index >= 15 is 0 Å². The number of hydrogen-bond donors (Lipinski definition) is 1. The third kappa shape index (κ3) is 5.26. The molecule has 2 aromatic rings. The summed E-state index contributed by atoms with van der Waals surface area (Å²) in [6.07, 6.45) is -2.32. The van der Waals surface area contributed by atoms with Gasteiger partial charge in [-0.1, -0.05) is 35.9 Å². The zero-order chi connectivity index (χ0) is 18.4. The van der Waals surface area contributed by atoms with Crippen LogP contribution in [0, 0.1) is 0 Å². The summed E-state index contributed by atoms with van der Waals surface area (Å²) in [6.45, 7) is 3.31. The number of alkyl halides is 3. The molecule has 0 spiro atoms. The van der Waals surface area contributed by atoms with Crippen molar-refractivity contribution in [3.63, 3.8) is 0 Å². The summed E-state index contributed by atoms with van der Waals surface area (Å²) in [5, 5.41) is 1.93. The number of hydrogen-bond acceptors (Lipinski definition) is 2. The molecule has 0 heterocycles. The van der Waals surface area contributed by atoms with Crippen LogP contribution in [0.5, 0.6) is 5.75 Å². The molecule has 0 aliphatic heterocycles. The first-order chi connectivity index (χ1) is 11.8. The number of halogens is 4. The molecular formula is C18H15ClF3NO2. The monoisotopic (exact) mass is 369 g/mol. The minimum atomic E-state index is -4.60. The first kappa shape index (κ1) is 18.9. The third-order valence-electron chi connectivity index (χ3n) is 3.25. The van der Waals surface area contributed by atoms with Gasteiger partial charge in [-0.2, -0.15) is 13.2 Å². The maximum atomic E-state index is 12.8. The van der Waals surface area contributed by atoms with Crippen molar-refractivity contribution >= 4 is 23.2 Å². The van der Waals surface area contributed by atoms with Gasteiger partial charge in [-0.15, -0.1) is 6.58 Å². The molecule has 0 aliphatic carbocycles. The second-order valence-corrected chi connectivity index (χ2v) is 5.54. The molecule has 3 nitrogen and oxygen atoms in total. The van der Waals surface area contributed by atoms with E-state index in [1.165, 1.54) is 6.07 Å². The summed E-state index contributed by atoms with van der Waals surface area (Å²) in [4.78, 5) is 11.9. The Morgan fingerprint density at radius 2 is 1.96 bits per heavy atom. The smallest absolute Gasteiger partial charge is 0.417 e. The molecule has 1 N–H and O–H groups in total. The van der Waals surface area contributed by atoms with Crippen molar-refractivity contribution < 1.29 is 22.7 Å². The summed E-state index contributed by atoms with van der Waals surface area (Å²) in [5.41, 5.74) is -0.162. The Balaban J connectivity index is 2.03. The van der Waals surface area contributed by atoms with Gasteiger partial charge in [0.1, 0.15) is 5.75 Å². The first-order valence-corrected chi connectivity index (χ1v) is 7.67. The summed E-state index contributed by atoms with van der Waals surface area (Å²) in [5.74, 6) is -0.0616.